The number of nitriles is 1. The van der Waals surface area contributed by atoms with E-state index in [0.29, 0.717) is 19.0 Å². The van der Waals surface area contributed by atoms with Crippen molar-refractivity contribution in [3.8, 4) is 6.07 Å². The van der Waals surface area contributed by atoms with Crippen molar-refractivity contribution < 1.29 is 4.79 Å². The molecule has 1 unspecified atom stereocenters. The number of carbonyl (C=O) groups is 1. The first kappa shape index (κ1) is 12.3. The van der Waals surface area contributed by atoms with E-state index in [1.165, 1.54) is 12.8 Å². The van der Waals surface area contributed by atoms with Crippen molar-refractivity contribution in [2.75, 3.05) is 6.54 Å². The van der Waals surface area contributed by atoms with Crippen LogP contribution in [0, 0.1) is 11.3 Å². The van der Waals surface area contributed by atoms with Gasteiger partial charge in [-0.25, -0.2) is 0 Å². The monoisotopic (exact) mass is 228 g/mol. The van der Waals surface area contributed by atoms with Crippen LogP contribution >= 0.6 is 11.6 Å². The SMILES string of the molecule is CC(Cl)C(=O)N(CCC#N)C1CCCC1. The molecule has 4 heteroatoms. The highest BCUT2D eigenvalue weighted by Gasteiger charge is 2.28. The summed E-state index contributed by atoms with van der Waals surface area (Å²) < 4.78 is 0. The molecule has 3 nitrogen and oxygen atoms in total. The minimum absolute atomic E-state index is 0.0289. The van der Waals surface area contributed by atoms with E-state index >= 15 is 0 Å². The molecule has 1 saturated carbocycles. The molecule has 0 saturated heterocycles. The summed E-state index contributed by atoms with van der Waals surface area (Å²) in [6.07, 6.45) is 4.86. The molecule has 0 aromatic heterocycles. The number of rotatable bonds is 4. The summed E-state index contributed by atoms with van der Waals surface area (Å²) in [5, 5.41) is 8.08. The smallest absolute Gasteiger partial charge is 0.240 e. The van der Waals surface area contributed by atoms with Crippen LogP contribution in [0.15, 0.2) is 0 Å². The molecule has 0 N–H and O–H groups in total. The highest BCUT2D eigenvalue weighted by Crippen LogP contribution is 2.24. The Morgan fingerprint density at radius 2 is 2.20 bits per heavy atom. The van der Waals surface area contributed by atoms with E-state index in [9.17, 15) is 4.79 Å². The summed E-state index contributed by atoms with van der Waals surface area (Å²) in [7, 11) is 0. The van der Waals surface area contributed by atoms with Gasteiger partial charge in [0.15, 0.2) is 0 Å². The molecule has 1 fully saturated rings. The first-order valence-corrected chi connectivity index (χ1v) is 5.92. The average Bonchev–Trinajstić information content (AvgIpc) is 2.71. The van der Waals surface area contributed by atoms with E-state index in [2.05, 4.69) is 6.07 Å². The molecule has 1 rings (SSSR count). The third-order valence-corrected chi connectivity index (χ3v) is 3.04. The molecule has 0 radical (unpaired) electrons. The lowest BCUT2D eigenvalue weighted by Gasteiger charge is -2.29. The van der Waals surface area contributed by atoms with Crippen molar-refractivity contribution in [2.45, 2.75) is 50.4 Å². The Morgan fingerprint density at radius 3 is 2.67 bits per heavy atom. The van der Waals surface area contributed by atoms with Crippen LogP contribution in [-0.2, 0) is 4.79 Å². The molecular formula is C11H17ClN2O. The van der Waals surface area contributed by atoms with Crippen molar-refractivity contribution in [3.63, 3.8) is 0 Å². The molecule has 0 aromatic rings. The van der Waals surface area contributed by atoms with Gasteiger partial charge in [-0.15, -0.1) is 11.6 Å². The van der Waals surface area contributed by atoms with Gasteiger partial charge in [-0.3, -0.25) is 4.79 Å². The minimum atomic E-state index is -0.482. The van der Waals surface area contributed by atoms with Crippen LogP contribution < -0.4 is 0 Å². The van der Waals surface area contributed by atoms with Crippen LogP contribution in [0.5, 0.6) is 0 Å². The molecule has 1 atom stereocenters. The molecule has 0 heterocycles. The number of nitrogens with zero attached hydrogens (tertiary/aromatic N) is 2. The number of halogens is 1. The number of carbonyl (C=O) groups excluding carboxylic acids is 1. The second kappa shape index (κ2) is 5.97. The fourth-order valence-corrected chi connectivity index (χ4v) is 2.21. The Bertz CT molecular complexity index is 254. The van der Waals surface area contributed by atoms with Gasteiger partial charge in [-0.05, 0) is 19.8 Å². The third kappa shape index (κ3) is 3.39. The topological polar surface area (TPSA) is 44.1 Å². The summed E-state index contributed by atoms with van der Waals surface area (Å²) in [5.74, 6) is -0.0289. The normalized spacial score (nSPS) is 18.5. The van der Waals surface area contributed by atoms with E-state index in [-0.39, 0.29) is 5.91 Å². The fraction of sp³-hybridized carbons (Fsp3) is 0.818. The van der Waals surface area contributed by atoms with Gasteiger partial charge in [0.2, 0.25) is 5.91 Å². The Hall–Kier alpha value is -0.750. The van der Waals surface area contributed by atoms with E-state index < -0.39 is 5.38 Å². The largest absolute Gasteiger partial charge is 0.337 e. The lowest BCUT2D eigenvalue weighted by molar-refractivity contribution is -0.132. The van der Waals surface area contributed by atoms with Gasteiger partial charge in [0.1, 0.15) is 5.38 Å². The van der Waals surface area contributed by atoms with E-state index in [1.54, 1.807) is 11.8 Å². The lowest BCUT2D eigenvalue weighted by atomic mass is 10.2. The highest BCUT2D eigenvalue weighted by atomic mass is 35.5. The molecule has 1 aliphatic rings. The van der Waals surface area contributed by atoms with Crippen LogP contribution in [0.4, 0.5) is 0 Å². The first-order valence-electron chi connectivity index (χ1n) is 5.48. The maximum Gasteiger partial charge on any atom is 0.240 e. The number of alkyl halides is 1. The van der Waals surface area contributed by atoms with Gasteiger partial charge in [0.25, 0.3) is 0 Å². The summed E-state index contributed by atoms with van der Waals surface area (Å²) >= 11 is 5.81. The summed E-state index contributed by atoms with van der Waals surface area (Å²) in [6.45, 7) is 2.22. The quantitative estimate of drug-likeness (QED) is 0.693. The van der Waals surface area contributed by atoms with E-state index in [1.807, 2.05) is 0 Å². The second-order valence-electron chi connectivity index (χ2n) is 3.99. The maximum absolute atomic E-state index is 11.8. The molecular weight excluding hydrogens is 212 g/mol. The zero-order valence-electron chi connectivity index (χ0n) is 9.08. The third-order valence-electron chi connectivity index (χ3n) is 2.85. The molecule has 84 valence electrons. The van der Waals surface area contributed by atoms with Crippen molar-refractivity contribution in [2.24, 2.45) is 0 Å². The Labute approximate surface area is 96.0 Å². The zero-order valence-corrected chi connectivity index (χ0v) is 9.83. The molecule has 0 bridgehead atoms. The van der Waals surface area contributed by atoms with Crippen molar-refractivity contribution in [1.82, 2.24) is 4.90 Å². The summed E-state index contributed by atoms with van der Waals surface area (Å²) in [5.41, 5.74) is 0. The molecule has 15 heavy (non-hydrogen) atoms. The number of hydrogen-bond donors (Lipinski definition) is 0. The van der Waals surface area contributed by atoms with Crippen molar-refractivity contribution in [3.05, 3.63) is 0 Å². The molecule has 0 spiro atoms. The summed E-state index contributed by atoms with van der Waals surface area (Å²) in [6, 6.07) is 2.39. The predicted octanol–water partition coefficient (Wildman–Crippen LogP) is 2.30. The minimum Gasteiger partial charge on any atom is -0.337 e. The lowest BCUT2D eigenvalue weighted by Crippen LogP contribution is -2.42. The number of hydrogen-bond acceptors (Lipinski definition) is 2. The Morgan fingerprint density at radius 1 is 1.60 bits per heavy atom. The van der Waals surface area contributed by atoms with Crippen LogP contribution in [0.1, 0.15) is 39.0 Å². The van der Waals surface area contributed by atoms with Crippen LogP contribution in [-0.4, -0.2) is 28.8 Å². The van der Waals surface area contributed by atoms with Crippen LogP contribution in [0.25, 0.3) is 0 Å². The fourth-order valence-electron chi connectivity index (χ4n) is 2.09. The van der Waals surface area contributed by atoms with Gasteiger partial charge in [0, 0.05) is 12.6 Å². The first-order chi connectivity index (χ1) is 7.16. The Balaban J connectivity index is 2.59. The van der Waals surface area contributed by atoms with Gasteiger partial charge in [-0.1, -0.05) is 12.8 Å². The van der Waals surface area contributed by atoms with Crippen molar-refractivity contribution in [1.29, 1.82) is 5.26 Å². The summed E-state index contributed by atoms with van der Waals surface area (Å²) in [4.78, 5) is 13.6. The average molecular weight is 229 g/mol. The molecule has 0 aliphatic heterocycles. The van der Waals surface area contributed by atoms with Crippen molar-refractivity contribution >= 4 is 17.5 Å². The molecule has 0 aromatic carbocycles. The van der Waals surface area contributed by atoms with Crippen LogP contribution in [0.2, 0.25) is 0 Å². The van der Waals surface area contributed by atoms with Gasteiger partial charge < -0.3 is 4.90 Å². The van der Waals surface area contributed by atoms with Crippen LogP contribution in [0.3, 0.4) is 0 Å². The number of amides is 1. The standard InChI is InChI=1S/C11H17ClN2O/c1-9(12)11(15)14(8-4-7-13)10-5-2-3-6-10/h9-10H,2-6,8H2,1H3. The molecule has 1 amide bonds. The van der Waals surface area contributed by atoms with E-state index in [0.717, 1.165) is 12.8 Å². The molecule has 1 aliphatic carbocycles. The Kier molecular flexibility index (Phi) is 4.90. The highest BCUT2D eigenvalue weighted by molar-refractivity contribution is 6.30. The predicted molar refractivity (Wildman–Crippen MR) is 59.5 cm³/mol. The van der Waals surface area contributed by atoms with Gasteiger partial charge >= 0.3 is 0 Å². The zero-order chi connectivity index (χ0) is 11.3. The van der Waals surface area contributed by atoms with Gasteiger partial charge in [0.05, 0.1) is 12.5 Å². The van der Waals surface area contributed by atoms with E-state index in [4.69, 9.17) is 16.9 Å². The van der Waals surface area contributed by atoms with Gasteiger partial charge in [-0.2, -0.15) is 5.26 Å². The second-order valence-corrected chi connectivity index (χ2v) is 4.65. The maximum atomic E-state index is 11.8.